The number of piperidine rings is 1. The van der Waals surface area contributed by atoms with Crippen molar-refractivity contribution in [2.45, 2.75) is 44.8 Å². The van der Waals surface area contributed by atoms with Crippen LogP contribution in [0, 0.1) is 6.92 Å². The third-order valence-electron chi connectivity index (χ3n) is 5.52. The van der Waals surface area contributed by atoms with Crippen LogP contribution in [0.25, 0.3) is 11.3 Å². The topological polar surface area (TPSA) is 64.4 Å². The molecule has 0 N–H and O–H groups in total. The lowest BCUT2D eigenvalue weighted by atomic mass is 10.0. The van der Waals surface area contributed by atoms with Gasteiger partial charge >= 0.3 is 0 Å². The molecular formula is C21H25N3O3. The average molecular weight is 367 g/mol. The van der Waals surface area contributed by atoms with Gasteiger partial charge in [-0.25, -0.2) is 4.68 Å². The normalized spacial score (nSPS) is 20.8. The van der Waals surface area contributed by atoms with Crippen LogP contribution in [-0.2, 0) is 9.53 Å². The number of rotatable bonds is 3. The summed E-state index contributed by atoms with van der Waals surface area (Å²) in [7, 11) is 0. The molecule has 0 radical (unpaired) electrons. The number of ether oxygens (including phenoxy) is 1. The summed E-state index contributed by atoms with van der Waals surface area (Å²) in [6, 6.07) is 11.6. The highest BCUT2D eigenvalue weighted by Gasteiger charge is 2.31. The Balaban J connectivity index is 1.51. The molecule has 2 aromatic rings. The Morgan fingerprint density at radius 1 is 1.15 bits per heavy atom. The van der Waals surface area contributed by atoms with E-state index < -0.39 is 0 Å². The number of hydrogen-bond acceptors (Lipinski definition) is 4. The molecule has 3 heterocycles. The summed E-state index contributed by atoms with van der Waals surface area (Å²) >= 11 is 0. The number of likely N-dealkylation sites (tertiary alicyclic amines) is 1. The van der Waals surface area contributed by atoms with Gasteiger partial charge in [-0.05, 0) is 38.2 Å². The van der Waals surface area contributed by atoms with E-state index in [-0.39, 0.29) is 23.6 Å². The second-order valence-electron chi connectivity index (χ2n) is 7.38. The van der Waals surface area contributed by atoms with Crippen LogP contribution < -0.4 is 5.56 Å². The fourth-order valence-electron chi connectivity index (χ4n) is 4.01. The van der Waals surface area contributed by atoms with Crippen molar-refractivity contribution in [2.75, 3.05) is 19.7 Å². The van der Waals surface area contributed by atoms with E-state index in [0.717, 1.165) is 42.5 Å². The van der Waals surface area contributed by atoms with Crippen molar-refractivity contribution in [3.8, 4) is 11.3 Å². The molecule has 1 atom stereocenters. The predicted molar refractivity (Wildman–Crippen MR) is 102 cm³/mol. The summed E-state index contributed by atoms with van der Waals surface area (Å²) in [6.07, 6.45) is 2.98. The summed E-state index contributed by atoms with van der Waals surface area (Å²) in [6.45, 7) is 3.89. The van der Waals surface area contributed by atoms with Crippen molar-refractivity contribution < 1.29 is 9.53 Å². The Labute approximate surface area is 158 Å². The molecule has 6 nitrogen and oxygen atoms in total. The van der Waals surface area contributed by atoms with Crippen LogP contribution in [0.2, 0.25) is 0 Å². The molecule has 0 aliphatic carbocycles. The van der Waals surface area contributed by atoms with Gasteiger partial charge in [0.25, 0.3) is 11.5 Å². The highest BCUT2D eigenvalue weighted by molar-refractivity contribution is 5.81. The predicted octanol–water partition coefficient (Wildman–Crippen LogP) is 2.56. The highest BCUT2D eigenvalue weighted by Crippen LogP contribution is 2.25. The number of benzene rings is 1. The Morgan fingerprint density at radius 2 is 1.89 bits per heavy atom. The maximum atomic E-state index is 12.5. The smallest absolute Gasteiger partial charge is 0.267 e. The van der Waals surface area contributed by atoms with Gasteiger partial charge < -0.3 is 9.64 Å². The van der Waals surface area contributed by atoms with Crippen LogP contribution in [0.5, 0.6) is 0 Å². The first-order valence-corrected chi connectivity index (χ1v) is 9.70. The van der Waals surface area contributed by atoms with Crippen molar-refractivity contribution in [1.82, 2.24) is 14.7 Å². The molecule has 2 aliphatic heterocycles. The van der Waals surface area contributed by atoms with E-state index in [2.05, 4.69) is 5.10 Å². The van der Waals surface area contributed by atoms with Crippen LogP contribution in [0.4, 0.5) is 0 Å². The molecule has 0 bridgehead atoms. The molecule has 2 saturated heterocycles. The van der Waals surface area contributed by atoms with Crippen LogP contribution in [-0.4, -0.2) is 46.4 Å². The fraction of sp³-hybridized carbons (Fsp3) is 0.476. The Morgan fingerprint density at radius 3 is 2.56 bits per heavy atom. The standard InChI is InChI=1S/C21H25N3O3/c1-15-14-19(25)24(22-20(15)16-6-3-2-4-7-16)17-9-11-23(12-10-17)21(26)18-8-5-13-27-18/h2-4,6-7,14,17-18H,5,8-13H2,1H3. The van der Waals surface area contributed by atoms with E-state index in [1.807, 2.05) is 42.2 Å². The van der Waals surface area contributed by atoms with E-state index >= 15 is 0 Å². The Kier molecular flexibility index (Phi) is 5.07. The molecular weight excluding hydrogens is 342 g/mol. The van der Waals surface area contributed by atoms with Crippen molar-refractivity contribution in [2.24, 2.45) is 0 Å². The zero-order chi connectivity index (χ0) is 18.8. The molecule has 1 aromatic carbocycles. The molecule has 142 valence electrons. The van der Waals surface area contributed by atoms with Gasteiger partial charge in [0.2, 0.25) is 0 Å². The Bertz CT molecular complexity index is 864. The van der Waals surface area contributed by atoms with E-state index in [1.165, 1.54) is 0 Å². The first kappa shape index (κ1) is 17.9. The van der Waals surface area contributed by atoms with Gasteiger partial charge in [-0.15, -0.1) is 0 Å². The number of nitrogens with zero attached hydrogens (tertiary/aromatic N) is 3. The zero-order valence-electron chi connectivity index (χ0n) is 15.6. The lowest BCUT2D eigenvalue weighted by molar-refractivity contribution is -0.142. The van der Waals surface area contributed by atoms with Crippen LogP contribution in [0.1, 0.15) is 37.3 Å². The molecule has 0 spiro atoms. The van der Waals surface area contributed by atoms with Crippen molar-refractivity contribution in [3.05, 3.63) is 52.3 Å². The maximum absolute atomic E-state index is 12.5. The van der Waals surface area contributed by atoms with Crippen molar-refractivity contribution in [1.29, 1.82) is 0 Å². The zero-order valence-corrected chi connectivity index (χ0v) is 15.6. The second kappa shape index (κ2) is 7.64. The Hall–Kier alpha value is -2.47. The summed E-state index contributed by atoms with van der Waals surface area (Å²) < 4.78 is 7.13. The maximum Gasteiger partial charge on any atom is 0.267 e. The average Bonchev–Trinajstić information content (AvgIpc) is 3.23. The molecule has 4 rings (SSSR count). The first-order chi connectivity index (χ1) is 13.1. The van der Waals surface area contributed by atoms with Gasteiger partial charge in [0.05, 0.1) is 11.7 Å². The van der Waals surface area contributed by atoms with E-state index in [4.69, 9.17) is 4.74 Å². The van der Waals surface area contributed by atoms with Gasteiger partial charge in [0.1, 0.15) is 6.10 Å². The number of aryl methyl sites for hydroxylation is 1. The molecule has 1 amide bonds. The van der Waals surface area contributed by atoms with Gasteiger partial charge in [-0.3, -0.25) is 9.59 Å². The number of carbonyl (C=O) groups excluding carboxylic acids is 1. The minimum absolute atomic E-state index is 0.0223. The number of amides is 1. The van der Waals surface area contributed by atoms with Crippen molar-refractivity contribution in [3.63, 3.8) is 0 Å². The molecule has 27 heavy (non-hydrogen) atoms. The van der Waals surface area contributed by atoms with E-state index in [1.54, 1.807) is 10.7 Å². The van der Waals surface area contributed by atoms with Gasteiger partial charge in [0.15, 0.2) is 0 Å². The third-order valence-corrected chi connectivity index (χ3v) is 5.52. The van der Waals surface area contributed by atoms with Gasteiger partial charge in [-0.2, -0.15) is 5.10 Å². The largest absolute Gasteiger partial charge is 0.368 e. The van der Waals surface area contributed by atoms with E-state index in [0.29, 0.717) is 19.7 Å². The molecule has 2 fully saturated rings. The molecule has 1 unspecified atom stereocenters. The van der Waals surface area contributed by atoms with Crippen molar-refractivity contribution >= 4 is 5.91 Å². The number of aromatic nitrogens is 2. The first-order valence-electron chi connectivity index (χ1n) is 9.70. The quantitative estimate of drug-likeness (QED) is 0.836. The van der Waals surface area contributed by atoms with Crippen LogP contribution >= 0.6 is 0 Å². The van der Waals surface area contributed by atoms with Gasteiger partial charge in [0, 0.05) is 31.3 Å². The molecule has 2 aliphatic rings. The minimum atomic E-state index is -0.272. The lowest BCUT2D eigenvalue weighted by Gasteiger charge is -2.33. The van der Waals surface area contributed by atoms with Crippen LogP contribution in [0.15, 0.2) is 41.2 Å². The highest BCUT2D eigenvalue weighted by atomic mass is 16.5. The fourth-order valence-corrected chi connectivity index (χ4v) is 4.01. The summed E-state index contributed by atoms with van der Waals surface area (Å²) in [5.74, 6) is 0.0973. The number of carbonyl (C=O) groups is 1. The number of hydrogen-bond donors (Lipinski definition) is 0. The third kappa shape index (κ3) is 3.67. The summed E-state index contributed by atoms with van der Waals surface area (Å²) in [4.78, 5) is 26.9. The monoisotopic (exact) mass is 367 g/mol. The molecule has 6 heteroatoms. The minimum Gasteiger partial charge on any atom is -0.368 e. The summed E-state index contributed by atoms with van der Waals surface area (Å²) in [5, 5.41) is 4.69. The van der Waals surface area contributed by atoms with Gasteiger partial charge in [-0.1, -0.05) is 30.3 Å². The summed E-state index contributed by atoms with van der Waals surface area (Å²) in [5.41, 5.74) is 2.66. The second-order valence-corrected chi connectivity index (χ2v) is 7.38. The molecule has 0 saturated carbocycles. The van der Waals surface area contributed by atoms with E-state index in [9.17, 15) is 9.59 Å². The SMILES string of the molecule is Cc1cc(=O)n(C2CCN(C(=O)C3CCCO3)CC2)nc1-c1ccccc1. The molecule has 1 aromatic heterocycles. The van der Waals surface area contributed by atoms with Crippen LogP contribution in [0.3, 0.4) is 0 Å². The lowest BCUT2D eigenvalue weighted by Crippen LogP contribution is -2.45.